The number of halogens is 1. The van der Waals surface area contributed by atoms with Crippen molar-refractivity contribution in [3.05, 3.63) is 35.6 Å². The van der Waals surface area contributed by atoms with Crippen LogP contribution in [0.4, 0.5) is 4.39 Å². The van der Waals surface area contributed by atoms with Crippen LogP contribution < -0.4 is 5.32 Å². The molecule has 1 heterocycles. The first-order valence-corrected chi connectivity index (χ1v) is 5.90. The Morgan fingerprint density at radius 2 is 2.12 bits per heavy atom. The molecule has 3 nitrogen and oxygen atoms in total. The van der Waals surface area contributed by atoms with Gasteiger partial charge in [0.1, 0.15) is 5.82 Å². The number of likely N-dealkylation sites (tertiary alicyclic amines) is 1. The van der Waals surface area contributed by atoms with Gasteiger partial charge in [0, 0.05) is 18.2 Å². The second kappa shape index (κ2) is 5.27. The minimum absolute atomic E-state index is 0.120. The second-order valence-corrected chi connectivity index (χ2v) is 4.58. The van der Waals surface area contributed by atoms with Crippen LogP contribution in [-0.2, 0) is 0 Å². The topological polar surface area (TPSA) is 32.3 Å². The van der Waals surface area contributed by atoms with Crippen molar-refractivity contribution in [2.75, 3.05) is 20.1 Å². The number of benzene rings is 1. The first-order valence-electron chi connectivity index (χ1n) is 5.90. The van der Waals surface area contributed by atoms with Crippen LogP contribution in [0.5, 0.6) is 0 Å². The number of hydrogen-bond acceptors (Lipinski definition) is 2. The summed E-state index contributed by atoms with van der Waals surface area (Å²) in [6.07, 6.45) is 2.11. The summed E-state index contributed by atoms with van der Waals surface area (Å²) in [6, 6.07) is 5.84. The van der Waals surface area contributed by atoms with Gasteiger partial charge >= 0.3 is 0 Å². The molecule has 1 aromatic carbocycles. The smallest absolute Gasteiger partial charge is 0.251 e. The van der Waals surface area contributed by atoms with Gasteiger partial charge in [-0.1, -0.05) is 0 Å². The average Bonchev–Trinajstić information content (AvgIpc) is 2.29. The van der Waals surface area contributed by atoms with Crippen molar-refractivity contribution in [3.8, 4) is 0 Å². The summed E-state index contributed by atoms with van der Waals surface area (Å²) in [4.78, 5) is 14.1. The summed E-state index contributed by atoms with van der Waals surface area (Å²) in [7, 11) is 2.05. The minimum Gasteiger partial charge on any atom is -0.348 e. The summed E-state index contributed by atoms with van der Waals surface area (Å²) in [6.45, 7) is 1.97. The third-order valence-electron chi connectivity index (χ3n) is 3.07. The monoisotopic (exact) mass is 236 g/mol. The number of amides is 1. The normalized spacial score (nSPS) is 21.2. The molecule has 4 heteroatoms. The summed E-state index contributed by atoms with van der Waals surface area (Å²) in [5, 5.41) is 2.98. The first kappa shape index (κ1) is 12.0. The van der Waals surface area contributed by atoms with E-state index < -0.39 is 0 Å². The summed E-state index contributed by atoms with van der Waals surface area (Å²) < 4.78 is 12.7. The van der Waals surface area contributed by atoms with Gasteiger partial charge < -0.3 is 10.2 Å². The van der Waals surface area contributed by atoms with Crippen molar-refractivity contribution < 1.29 is 9.18 Å². The van der Waals surface area contributed by atoms with Gasteiger partial charge in [0.2, 0.25) is 0 Å². The first-order chi connectivity index (χ1) is 8.15. The molecule has 0 aliphatic carbocycles. The Balaban J connectivity index is 1.94. The fourth-order valence-electron chi connectivity index (χ4n) is 2.15. The molecule has 0 aromatic heterocycles. The molecule has 92 valence electrons. The van der Waals surface area contributed by atoms with Gasteiger partial charge in [-0.2, -0.15) is 0 Å². The molecule has 2 rings (SSSR count). The van der Waals surface area contributed by atoms with E-state index in [0.717, 1.165) is 25.9 Å². The number of hydrogen-bond donors (Lipinski definition) is 1. The fourth-order valence-corrected chi connectivity index (χ4v) is 2.15. The van der Waals surface area contributed by atoms with Gasteiger partial charge in [0.25, 0.3) is 5.91 Å². The molecule has 1 aliphatic rings. The highest BCUT2D eigenvalue weighted by Gasteiger charge is 2.19. The predicted molar refractivity (Wildman–Crippen MR) is 64.4 cm³/mol. The standard InChI is InChI=1S/C13H17FN2O/c1-16-8-2-3-12(9-16)15-13(17)10-4-6-11(14)7-5-10/h4-7,12H,2-3,8-9H2,1H3,(H,15,17). The van der Waals surface area contributed by atoms with Crippen LogP contribution >= 0.6 is 0 Å². The van der Waals surface area contributed by atoms with E-state index in [-0.39, 0.29) is 17.8 Å². The van der Waals surface area contributed by atoms with E-state index in [9.17, 15) is 9.18 Å². The third kappa shape index (κ3) is 3.27. The number of carbonyl (C=O) groups is 1. The van der Waals surface area contributed by atoms with E-state index >= 15 is 0 Å². The van der Waals surface area contributed by atoms with Gasteiger partial charge in [-0.25, -0.2) is 4.39 Å². The van der Waals surface area contributed by atoms with Gasteiger partial charge in [-0.3, -0.25) is 4.79 Å². The van der Waals surface area contributed by atoms with E-state index in [1.54, 1.807) is 0 Å². The highest BCUT2D eigenvalue weighted by atomic mass is 19.1. The SMILES string of the molecule is CN1CCCC(NC(=O)c2ccc(F)cc2)C1. The van der Waals surface area contributed by atoms with Gasteiger partial charge in [-0.05, 0) is 50.7 Å². The largest absolute Gasteiger partial charge is 0.348 e. The number of carbonyl (C=O) groups excluding carboxylic acids is 1. The maximum Gasteiger partial charge on any atom is 0.251 e. The molecule has 17 heavy (non-hydrogen) atoms. The third-order valence-corrected chi connectivity index (χ3v) is 3.07. The number of likely N-dealkylation sites (N-methyl/N-ethyl adjacent to an activating group) is 1. The molecule has 1 N–H and O–H groups in total. The van der Waals surface area contributed by atoms with E-state index in [2.05, 4.69) is 17.3 Å². The molecule has 1 saturated heterocycles. The number of nitrogens with one attached hydrogen (secondary N) is 1. The van der Waals surface area contributed by atoms with Crippen LogP contribution in [0.1, 0.15) is 23.2 Å². The van der Waals surface area contributed by atoms with Crippen LogP contribution in [0.15, 0.2) is 24.3 Å². The molecule has 0 spiro atoms. The van der Waals surface area contributed by atoms with Gasteiger partial charge in [0.15, 0.2) is 0 Å². The molecule has 1 unspecified atom stereocenters. The quantitative estimate of drug-likeness (QED) is 0.846. The lowest BCUT2D eigenvalue weighted by Crippen LogP contribution is -2.46. The van der Waals surface area contributed by atoms with Gasteiger partial charge in [0.05, 0.1) is 0 Å². The molecular formula is C13H17FN2O. The summed E-state index contributed by atoms with van der Waals surface area (Å²) >= 11 is 0. The van der Waals surface area contributed by atoms with E-state index in [1.807, 2.05) is 0 Å². The zero-order valence-corrected chi connectivity index (χ0v) is 9.95. The highest BCUT2D eigenvalue weighted by Crippen LogP contribution is 2.09. The maximum atomic E-state index is 12.7. The Morgan fingerprint density at radius 3 is 2.76 bits per heavy atom. The zero-order chi connectivity index (χ0) is 12.3. The molecule has 1 aliphatic heterocycles. The van der Waals surface area contributed by atoms with Crippen molar-refractivity contribution in [2.24, 2.45) is 0 Å². The molecular weight excluding hydrogens is 219 g/mol. The van der Waals surface area contributed by atoms with Crippen LogP contribution in [-0.4, -0.2) is 37.0 Å². The maximum absolute atomic E-state index is 12.7. The summed E-state index contributed by atoms with van der Waals surface area (Å²) in [5.41, 5.74) is 0.514. The Hall–Kier alpha value is -1.42. The van der Waals surface area contributed by atoms with Crippen molar-refractivity contribution >= 4 is 5.91 Å². The second-order valence-electron chi connectivity index (χ2n) is 4.58. The molecule has 0 radical (unpaired) electrons. The zero-order valence-electron chi connectivity index (χ0n) is 9.95. The predicted octanol–water partition coefficient (Wildman–Crippen LogP) is 1.65. The Kier molecular flexibility index (Phi) is 3.74. The fraction of sp³-hybridized carbons (Fsp3) is 0.462. The molecule has 1 atom stereocenters. The van der Waals surface area contributed by atoms with Crippen LogP contribution in [0.25, 0.3) is 0 Å². The average molecular weight is 236 g/mol. The van der Waals surface area contributed by atoms with Crippen LogP contribution in [0.3, 0.4) is 0 Å². The number of rotatable bonds is 2. The molecule has 1 aromatic rings. The highest BCUT2D eigenvalue weighted by molar-refractivity contribution is 5.94. The Morgan fingerprint density at radius 1 is 1.41 bits per heavy atom. The number of piperidine rings is 1. The van der Waals surface area contributed by atoms with Crippen LogP contribution in [0, 0.1) is 5.82 Å². The lowest BCUT2D eigenvalue weighted by molar-refractivity contribution is 0.0912. The van der Waals surface area contributed by atoms with E-state index in [1.165, 1.54) is 24.3 Å². The Bertz CT molecular complexity index is 391. The minimum atomic E-state index is -0.320. The molecule has 0 saturated carbocycles. The lowest BCUT2D eigenvalue weighted by atomic mass is 10.1. The van der Waals surface area contributed by atoms with Crippen molar-refractivity contribution in [1.29, 1.82) is 0 Å². The van der Waals surface area contributed by atoms with E-state index in [0.29, 0.717) is 5.56 Å². The van der Waals surface area contributed by atoms with Gasteiger partial charge in [-0.15, -0.1) is 0 Å². The van der Waals surface area contributed by atoms with Crippen LogP contribution in [0.2, 0.25) is 0 Å². The molecule has 1 amide bonds. The summed E-state index contributed by atoms with van der Waals surface area (Å²) in [5.74, 6) is -0.441. The Labute approximate surface area is 101 Å². The van der Waals surface area contributed by atoms with E-state index in [4.69, 9.17) is 0 Å². The lowest BCUT2D eigenvalue weighted by Gasteiger charge is -2.30. The molecule has 0 bridgehead atoms. The molecule has 1 fully saturated rings. The van der Waals surface area contributed by atoms with Crippen molar-refractivity contribution in [3.63, 3.8) is 0 Å². The van der Waals surface area contributed by atoms with Crippen molar-refractivity contribution in [2.45, 2.75) is 18.9 Å². The van der Waals surface area contributed by atoms with Crippen molar-refractivity contribution in [1.82, 2.24) is 10.2 Å². The number of nitrogens with zero attached hydrogens (tertiary/aromatic N) is 1.